The van der Waals surface area contributed by atoms with Crippen LogP contribution in [0.15, 0.2) is 42.5 Å². The fraction of sp³-hybridized carbons (Fsp3) is 0.133. The van der Waals surface area contributed by atoms with Crippen molar-refractivity contribution in [3.63, 3.8) is 0 Å². The van der Waals surface area contributed by atoms with Gasteiger partial charge < -0.3 is 10.6 Å². The predicted octanol–water partition coefficient (Wildman–Crippen LogP) is 4.57. The summed E-state index contributed by atoms with van der Waals surface area (Å²) >= 11 is 11.8. The average Bonchev–Trinajstić information content (AvgIpc) is 2.44. The normalized spacial score (nSPS) is 11.8. The predicted molar refractivity (Wildman–Crippen MR) is 84.6 cm³/mol. The van der Waals surface area contributed by atoms with Gasteiger partial charge in [-0.25, -0.2) is 4.39 Å². The summed E-state index contributed by atoms with van der Waals surface area (Å²) in [5, 5.41) is 6.54. The smallest absolute Gasteiger partial charge is 0.246 e. The lowest BCUT2D eigenvalue weighted by molar-refractivity contribution is -0.116. The zero-order valence-corrected chi connectivity index (χ0v) is 12.7. The minimum atomic E-state index is -0.512. The molecule has 1 amide bonds. The molecule has 0 saturated carbocycles. The summed E-state index contributed by atoms with van der Waals surface area (Å²) in [7, 11) is 0. The van der Waals surface area contributed by atoms with Gasteiger partial charge in [0.15, 0.2) is 0 Å². The fourth-order valence-electron chi connectivity index (χ4n) is 1.69. The van der Waals surface area contributed by atoms with E-state index in [0.717, 1.165) is 0 Å². The van der Waals surface area contributed by atoms with Gasteiger partial charge >= 0.3 is 0 Å². The van der Waals surface area contributed by atoms with E-state index in [-0.39, 0.29) is 11.7 Å². The molecule has 21 heavy (non-hydrogen) atoms. The maximum atomic E-state index is 12.8. The molecule has 0 saturated heterocycles. The first-order chi connectivity index (χ1) is 9.95. The Morgan fingerprint density at radius 1 is 1.14 bits per heavy atom. The van der Waals surface area contributed by atoms with Crippen molar-refractivity contribution in [3.05, 3.63) is 58.3 Å². The summed E-state index contributed by atoms with van der Waals surface area (Å²) in [6, 6.07) is 10.1. The van der Waals surface area contributed by atoms with Gasteiger partial charge in [0.05, 0.1) is 10.7 Å². The Kier molecular flexibility index (Phi) is 5.04. The van der Waals surface area contributed by atoms with E-state index >= 15 is 0 Å². The summed E-state index contributed by atoms with van der Waals surface area (Å²) in [5.74, 6) is -0.589. The molecule has 0 bridgehead atoms. The summed E-state index contributed by atoms with van der Waals surface area (Å²) in [6.07, 6.45) is 0. The van der Waals surface area contributed by atoms with Crippen molar-refractivity contribution in [2.24, 2.45) is 0 Å². The number of benzene rings is 2. The lowest BCUT2D eigenvalue weighted by Crippen LogP contribution is -2.31. The van der Waals surface area contributed by atoms with E-state index < -0.39 is 6.04 Å². The Balaban J connectivity index is 2.00. The molecule has 110 valence electrons. The molecule has 0 fully saturated rings. The van der Waals surface area contributed by atoms with Crippen LogP contribution in [-0.4, -0.2) is 11.9 Å². The molecule has 2 aromatic rings. The molecule has 0 heterocycles. The van der Waals surface area contributed by atoms with E-state index in [2.05, 4.69) is 10.6 Å². The molecule has 0 aliphatic rings. The first-order valence-electron chi connectivity index (χ1n) is 6.24. The van der Waals surface area contributed by atoms with Crippen LogP contribution in [0, 0.1) is 5.82 Å². The van der Waals surface area contributed by atoms with E-state index in [1.165, 1.54) is 12.1 Å². The van der Waals surface area contributed by atoms with E-state index in [9.17, 15) is 9.18 Å². The van der Waals surface area contributed by atoms with Crippen LogP contribution < -0.4 is 10.6 Å². The van der Waals surface area contributed by atoms with E-state index in [1.54, 1.807) is 37.3 Å². The number of rotatable bonds is 4. The minimum Gasteiger partial charge on any atom is -0.374 e. The largest absolute Gasteiger partial charge is 0.374 e. The maximum Gasteiger partial charge on any atom is 0.246 e. The quantitative estimate of drug-likeness (QED) is 0.863. The SMILES string of the molecule is C[C@@H](Nc1ccc(F)cc1)C(=O)Nc1ccc(Cl)cc1Cl. The second-order valence-corrected chi connectivity index (χ2v) is 5.33. The van der Waals surface area contributed by atoms with E-state index in [1.807, 2.05) is 0 Å². The lowest BCUT2D eigenvalue weighted by atomic mass is 10.2. The van der Waals surface area contributed by atoms with Gasteiger partial charge in [-0.1, -0.05) is 23.2 Å². The molecule has 2 N–H and O–H groups in total. The third-order valence-corrected chi connectivity index (χ3v) is 3.36. The molecule has 2 aromatic carbocycles. The van der Waals surface area contributed by atoms with Crippen LogP contribution in [0.2, 0.25) is 10.0 Å². The van der Waals surface area contributed by atoms with Crippen molar-refractivity contribution in [2.75, 3.05) is 10.6 Å². The van der Waals surface area contributed by atoms with Crippen LogP contribution in [0.4, 0.5) is 15.8 Å². The maximum absolute atomic E-state index is 12.8. The van der Waals surface area contributed by atoms with Crippen molar-refractivity contribution in [1.29, 1.82) is 0 Å². The zero-order valence-electron chi connectivity index (χ0n) is 11.2. The Labute approximate surface area is 132 Å². The number of carbonyl (C=O) groups is 1. The average molecular weight is 327 g/mol. The molecule has 0 unspecified atom stereocenters. The Hall–Kier alpha value is -1.78. The number of hydrogen-bond acceptors (Lipinski definition) is 2. The third-order valence-electron chi connectivity index (χ3n) is 2.81. The number of carbonyl (C=O) groups excluding carboxylic acids is 1. The van der Waals surface area contributed by atoms with Crippen molar-refractivity contribution in [2.45, 2.75) is 13.0 Å². The van der Waals surface area contributed by atoms with Crippen molar-refractivity contribution in [3.8, 4) is 0 Å². The fourth-order valence-corrected chi connectivity index (χ4v) is 2.15. The molecule has 6 heteroatoms. The van der Waals surface area contributed by atoms with Crippen molar-refractivity contribution >= 4 is 40.5 Å². The van der Waals surface area contributed by atoms with Gasteiger partial charge in [0, 0.05) is 10.7 Å². The Morgan fingerprint density at radius 2 is 1.81 bits per heavy atom. The molecule has 0 aliphatic heterocycles. The van der Waals surface area contributed by atoms with Gasteiger partial charge in [0.1, 0.15) is 11.9 Å². The van der Waals surface area contributed by atoms with Gasteiger partial charge in [0.2, 0.25) is 5.91 Å². The van der Waals surface area contributed by atoms with Gasteiger partial charge in [-0.3, -0.25) is 4.79 Å². The summed E-state index contributed by atoms with van der Waals surface area (Å²) in [5.41, 5.74) is 1.14. The van der Waals surface area contributed by atoms with Gasteiger partial charge in [-0.05, 0) is 49.4 Å². The van der Waals surface area contributed by atoms with Crippen LogP contribution in [0.5, 0.6) is 0 Å². The molecule has 2 rings (SSSR count). The topological polar surface area (TPSA) is 41.1 Å². The van der Waals surface area contributed by atoms with Crippen LogP contribution in [0.3, 0.4) is 0 Å². The summed E-state index contributed by atoms with van der Waals surface area (Å²) in [6.45, 7) is 1.70. The zero-order chi connectivity index (χ0) is 15.4. The van der Waals surface area contributed by atoms with E-state index in [0.29, 0.717) is 21.4 Å². The van der Waals surface area contributed by atoms with Gasteiger partial charge in [0.25, 0.3) is 0 Å². The van der Waals surface area contributed by atoms with E-state index in [4.69, 9.17) is 23.2 Å². The lowest BCUT2D eigenvalue weighted by Gasteiger charge is -2.16. The highest BCUT2D eigenvalue weighted by molar-refractivity contribution is 6.36. The number of hydrogen-bond donors (Lipinski definition) is 2. The van der Waals surface area contributed by atoms with Crippen LogP contribution in [-0.2, 0) is 4.79 Å². The van der Waals surface area contributed by atoms with Gasteiger partial charge in [-0.2, -0.15) is 0 Å². The number of nitrogens with one attached hydrogen (secondary N) is 2. The third kappa shape index (κ3) is 4.34. The molecule has 0 aromatic heterocycles. The van der Waals surface area contributed by atoms with Crippen LogP contribution in [0.25, 0.3) is 0 Å². The highest BCUT2D eigenvalue weighted by Crippen LogP contribution is 2.25. The summed E-state index contributed by atoms with van der Waals surface area (Å²) in [4.78, 5) is 12.1. The number of anilines is 2. The highest BCUT2D eigenvalue weighted by Gasteiger charge is 2.14. The second kappa shape index (κ2) is 6.78. The summed E-state index contributed by atoms with van der Waals surface area (Å²) < 4.78 is 12.8. The van der Waals surface area contributed by atoms with Gasteiger partial charge in [-0.15, -0.1) is 0 Å². The minimum absolute atomic E-state index is 0.261. The Morgan fingerprint density at radius 3 is 2.43 bits per heavy atom. The Bertz CT molecular complexity index is 647. The molecular weight excluding hydrogens is 314 g/mol. The van der Waals surface area contributed by atoms with Crippen LogP contribution >= 0.6 is 23.2 Å². The molecule has 0 spiro atoms. The van der Waals surface area contributed by atoms with Crippen LogP contribution in [0.1, 0.15) is 6.92 Å². The first kappa shape index (κ1) is 15.6. The van der Waals surface area contributed by atoms with Crippen molar-refractivity contribution in [1.82, 2.24) is 0 Å². The molecule has 3 nitrogen and oxygen atoms in total. The number of halogens is 3. The number of amides is 1. The molecule has 0 radical (unpaired) electrons. The first-order valence-corrected chi connectivity index (χ1v) is 6.99. The highest BCUT2D eigenvalue weighted by atomic mass is 35.5. The monoisotopic (exact) mass is 326 g/mol. The molecule has 0 aliphatic carbocycles. The second-order valence-electron chi connectivity index (χ2n) is 4.49. The molecular formula is C15H13Cl2FN2O. The molecule has 1 atom stereocenters. The standard InChI is InChI=1S/C15H13Cl2FN2O/c1-9(19-12-5-3-11(18)4-6-12)15(21)20-14-7-2-10(16)8-13(14)17/h2-9,19H,1H3,(H,20,21)/t9-/m1/s1. The van der Waals surface area contributed by atoms with Crippen molar-refractivity contribution < 1.29 is 9.18 Å².